The number of tetrazole rings is 1. The summed E-state index contributed by atoms with van der Waals surface area (Å²) in [7, 11) is 1.58. The van der Waals surface area contributed by atoms with E-state index in [1.165, 1.54) is 10.7 Å². The number of carbonyl (C=O) groups excluding carboxylic acids is 1. The predicted octanol–water partition coefficient (Wildman–Crippen LogP) is 2.19. The Bertz CT molecular complexity index is 611. The van der Waals surface area contributed by atoms with Gasteiger partial charge in [0.15, 0.2) is 6.29 Å². The molecule has 0 aliphatic heterocycles. The monoisotopic (exact) mass is 288 g/mol. The largest absolute Gasteiger partial charge is 0.417 e. The number of aryl methyl sites for hydroxylation is 1. The molecule has 0 bridgehead atoms. The van der Waals surface area contributed by atoms with Crippen molar-refractivity contribution in [2.45, 2.75) is 16.2 Å². The van der Waals surface area contributed by atoms with Gasteiger partial charge >= 0.3 is 6.18 Å². The summed E-state index contributed by atoms with van der Waals surface area (Å²) in [5, 5.41) is 11.0. The molecule has 0 saturated carbocycles. The number of nitrogens with zero attached hydrogens (tertiary/aromatic N) is 4. The number of hydrogen-bond donors (Lipinski definition) is 0. The molecule has 2 aromatic rings. The van der Waals surface area contributed by atoms with Crippen molar-refractivity contribution in [3.8, 4) is 0 Å². The summed E-state index contributed by atoms with van der Waals surface area (Å²) in [5.41, 5.74) is -1.37. The van der Waals surface area contributed by atoms with Crippen LogP contribution in [-0.4, -0.2) is 26.5 Å². The molecule has 0 saturated heterocycles. The van der Waals surface area contributed by atoms with Crippen LogP contribution >= 0.6 is 11.8 Å². The molecule has 1 aromatic heterocycles. The molecule has 5 nitrogen and oxygen atoms in total. The quantitative estimate of drug-likeness (QED) is 0.810. The van der Waals surface area contributed by atoms with Crippen LogP contribution in [0.3, 0.4) is 0 Å². The van der Waals surface area contributed by atoms with Crippen molar-refractivity contribution in [1.29, 1.82) is 0 Å². The molecule has 0 fully saturated rings. The lowest BCUT2D eigenvalue weighted by atomic mass is 10.1. The molecule has 0 N–H and O–H groups in total. The second-order valence-electron chi connectivity index (χ2n) is 3.55. The first-order valence-electron chi connectivity index (χ1n) is 4.98. The second-order valence-corrected chi connectivity index (χ2v) is 4.59. The Morgan fingerprint density at radius 2 is 2.11 bits per heavy atom. The molecule has 0 unspecified atom stereocenters. The zero-order valence-electron chi connectivity index (χ0n) is 9.55. The molecule has 1 aromatic carbocycles. The van der Waals surface area contributed by atoms with Crippen molar-refractivity contribution < 1.29 is 18.0 Å². The van der Waals surface area contributed by atoms with E-state index in [9.17, 15) is 18.0 Å². The number of carbonyl (C=O) groups is 1. The predicted molar refractivity (Wildman–Crippen MR) is 59.8 cm³/mol. The topological polar surface area (TPSA) is 60.7 Å². The molecular formula is C10H7F3N4OS. The van der Waals surface area contributed by atoms with Gasteiger partial charge < -0.3 is 0 Å². The Morgan fingerprint density at radius 1 is 1.37 bits per heavy atom. The zero-order chi connectivity index (χ0) is 14.0. The molecule has 1 heterocycles. The third kappa shape index (κ3) is 2.92. The number of benzene rings is 1. The van der Waals surface area contributed by atoms with Crippen LogP contribution in [0, 0.1) is 0 Å². The fourth-order valence-corrected chi connectivity index (χ4v) is 2.13. The fraction of sp³-hybridized carbons (Fsp3) is 0.200. The van der Waals surface area contributed by atoms with E-state index in [0.29, 0.717) is 10.1 Å². The summed E-state index contributed by atoms with van der Waals surface area (Å²) in [6.45, 7) is 0. The van der Waals surface area contributed by atoms with Crippen LogP contribution in [0.4, 0.5) is 13.2 Å². The van der Waals surface area contributed by atoms with Crippen molar-refractivity contribution in [2.24, 2.45) is 7.05 Å². The lowest BCUT2D eigenvalue weighted by molar-refractivity contribution is -0.138. The van der Waals surface area contributed by atoms with E-state index in [4.69, 9.17) is 0 Å². The average Bonchev–Trinajstić information content (AvgIpc) is 2.74. The van der Waals surface area contributed by atoms with E-state index in [1.54, 1.807) is 7.05 Å². The Hall–Kier alpha value is -1.90. The third-order valence-corrected chi connectivity index (χ3v) is 3.27. The Kier molecular flexibility index (Phi) is 3.56. The van der Waals surface area contributed by atoms with Gasteiger partial charge in [-0.15, -0.1) is 5.10 Å². The molecule has 9 heteroatoms. The minimum atomic E-state index is -4.58. The standard InChI is InChI=1S/C10H7F3N4OS/c1-17-9(14-15-16-17)19-7-3-2-6(5-18)8(4-7)10(11,12)13/h2-5H,1H3. The Balaban J connectivity index is 2.38. The minimum Gasteiger partial charge on any atom is -0.298 e. The van der Waals surface area contributed by atoms with Crippen molar-refractivity contribution in [2.75, 3.05) is 0 Å². The molecule has 100 valence electrons. The van der Waals surface area contributed by atoms with Gasteiger partial charge in [0, 0.05) is 17.5 Å². The van der Waals surface area contributed by atoms with E-state index in [-0.39, 0.29) is 6.29 Å². The van der Waals surface area contributed by atoms with Gasteiger partial charge in [0.1, 0.15) is 0 Å². The van der Waals surface area contributed by atoms with E-state index in [2.05, 4.69) is 15.5 Å². The fourth-order valence-electron chi connectivity index (χ4n) is 1.36. The van der Waals surface area contributed by atoms with E-state index in [1.807, 2.05) is 0 Å². The first kappa shape index (κ1) is 13.5. The normalized spacial score (nSPS) is 11.6. The number of hydrogen-bond acceptors (Lipinski definition) is 5. The summed E-state index contributed by atoms with van der Waals surface area (Å²) < 4.78 is 39.6. The van der Waals surface area contributed by atoms with Gasteiger partial charge in [-0.3, -0.25) is 4.79 Å². The van der Waals surface area contributed by atoms with Crippen LogP contribution in [-0.2, 0) is 13.2 Å². The van der Waals surface area contributed by atoms with Crippen LogP contribution in [0.15, 0.2) is 28.3 Å². The highest BCUT2D eigenvalue weighted by molar-refractivity contribution is 7.99. The number of halogens is 3. The maximum Gasteiger partial charge on any atom is 0.417 e. The molecular weight excluding hydrogens is 281 g/mol. The lowest BCUT2D eigenvalue weighted by Crippen LogP contribution is -2.09. The smallest absolute Gasteiger partial charge is 0.298 e. The van der Waals surface area contributed by atoms with Gasteiger partial charge in [0.25, 0.3) is 0 Å². The molecule has 19 heavy (non-hydrogen) atoms. The van der Waals surface area contributed by atoms with Crippen LogP contribution in [0.1, 0.15) is 15.9 Å². The number of aromatic nitrogens is 4. The third-order valence-electron chi connectivity index (χ3n) is 2.25. The van der Waals surface area contributed by atoms with E-state index in [0.717, 1.165) is 23.9 Å². The van der Waals surface area contributed by atoms with Gasteiger partial charge in [0.2, 0.25) is 5.16 Å². The SMILES string of the molecule is Cn1nnnc1Sc1ccc(C=O)c(C(F)(F)F)c1. The van der Waals surface area contributed by atoms with E-state index >= 15 is 0 Å². The molecule has 0 radical (unpaired) electrons. The van der Waals surface area contributed by atoms with Crippen molar-refractivity contribution >= 4 is 18.0 Å². The van der Waals surface area contributed by atoms with Crippen LogP contribution < -0.4 is 0 Å². The summed E-state index contributed by atoms with van der Waals surface area (Å²) in [6, 6.07) is 3.45. The summed E-state index contributed by atoms with van der Waals surface area (Å²) in [6.07, 6.45) is -4.40. The van der Waals surface area contributed by atoms with Gasteiger partial charge in [-0.25, -0.2) is 4.68 Å². The highest BCUT2D eigenvalue weighted by Gasteiger charge is 2.33. The highest BCUT2D eigenvalue weighted by Crippen LogP contribution is 2.35. The maximum atomic E-state index is 12.8. The minimum absolute atomic E-state index is 0.182. The number of rotatable bonds is 3. The maximum absolute atomic E-state index is 12.8. The van der Waals surface area contributed by atoms with Gasteiger partial charge in [-0.1, -0.05) is 0 Å². The van der Waals surface area contributed by atoms with Gasteiger partial charge in [-0.2, -0.15) is 13.2 Å². The number of aldehydes is 1. The molecule has 2 rings (SSSR count). The Labute approximate surface area is 109 Å². The first-order chi connectivity index (χ1) is 8.91. The lowest BCUT2D eigenvalue weighted by Gasteiger charge is -2.10. The second kappa shape index (κ2) is 5.00. The summed E-state index contributed by atoms with van der Waals surface area (Å²) >= 11 is 0.981. The molecule has 0 aliphatic carbocycles. The van der Waals surface area contributed by atoms with E-state index < -0.39 is 17.3 Å². The highest BCUT2D eigenvalue weighted by atomic mass is 32.2. The molecule has 0 aliphatic rings. The van der Waals surface area contributed by atoms with Crippen LogP contribution in [0.25, 0.3) is 0 Å². The summed E-state index contributed by atoms with van der Waals surface area (Å²) in [5.74, 6) is 0. The zero-order valence-corrected chi connectivity index (χ0v) is 10.4. The molecule has 0 amide bonds. The van der Waals surface area contributed by atoms with Crippen LogP contribution in [0.5, 0.6) is 0 Å². The average molecular weight is 288 g/mol. The van der Waals surface area contributed by atoms with Crippen molar-refractivity contribution in [1.82, 2.24) is 20.2 Å². The van der Waals surface area contributed by atoms with Gasteiger partial charge in [0.05, 0.1) is 5.56 Å². The Morgan fingerprint density at radius 3 is 2.63 bits per heavy atom. The summed E-state index contributed by atoms with van der Waals surface area (Å²) in [4.78, 5) is 10.9. The molecule has 0 atom stereocenters. The van der Waals surface area contributed by atoms with Crippen molar-refractivity contribution in [3.63, 3.8) is 0 Å². The van der Waals surface area contributed by atoms with Crippen LogP contribution in [0.2, 0.25) is 0 Å². The van der Waals surface area contributed by atoms with Gasteiger partial charge in [-0.05, 0) is 40.4 Å². The number of alkyl halides is 3. The first-order valence-corrected chi connectivity index (χ1v) is 5.80. The molecule has 0 spiro atoms. The van der Waals surface area contributed by atoms with Crippen molar-refractivity contribution in [3.05, 3.63) is 29.3 Å².